The Bertz CT molecular complexity index is 783. The Hall–Kier alpha value is -2.47. The molecule has 0 fully saturated rings. The second-order valence-corrected chi connectivity index (χ2v) is 8.40. The van der Waals surface area contributed by atoms with Crippen molar-refractivity contribution in [3.8, 4) is 5.75 Å². The van der Waals surface area contributed by atoms with Crippen LogP contribution >= 0.6 is 11.8 Å². The molecule has 0 spiro atoms. The van der Waals surface area contributed by atoms with Gasteiger partial charge in [-0.15, -0.1) is 11.8 Å². The highest BCUT2D eigenvalue weighted by molar-refractivity contribution is 8.00. The first-order valence-electron chi connectivity index (χ1n) is 8.72. The Morgan fingerprint density at radius 2 is 1.63 bits per heavy atom. The minimum absolute atomic E-state index is 0.000843. The smallest absolute Gasteiger partial charge is 0.234 e. The Morgan fingerprint density at radius 3 is 2.26 bits per heavy atom. The van der Waals surface area contributed by atoms with Crippen LogP contribution in [0.3, 0.4) is 0 Å². The van der Waals surface area contributed by atoms with Crippen LogP contribution < -0.4 is 15.4 Å². The van der Waals surface area contributed by atoms with Crippen LogP contribution in [0.2, 0.25) is 0 Å². The lowest BCUT2D eigenvalue weighted by Crippen LogP contribution is -2.19. The summed E-state index contributed by atoms with van der Waals surface area (Å²) in [5.74, 6) is 0.811. The molecule has 144 valence electrons. The van der Waals surface area contributed by atoms with Crippen molar-refractivity contribution in [1.82, 2.24) is 0 Å². The fraction of sp³-hybridized carbons (Fsp3) is 0.333. The van der Waals surface area contributed by atoms with E-state index >= 15 is 0 Å². The van der Waals surface area contributed by atoms with Gasteiger partial charge in [-0.25, -0.2) is 0 Å². The van der Waals surface area contributed by atoms with Crippen LogP contribution in [0, 0.1) is 5.41 Å². The zero-order valence-corrected chi connectivity index (χ0v) is 17.0. The summed E-state index contributed by atoms with van der Waals surface area (Å²) in [5.41, 5.74) is 1.36. The summed E-state index contributed by atoms with van der Waals surface area (Å²) in [6.07, 6.45) is 0.465. The number of anilines is 2. The third kappa shape index (κ3) is 7.35. The molecule has 0 aliphatic heterocycles. The lowest BCUT2D eigenvalue weighted by atomic mass is 9.92. The maximum absolute atomic E-state index is 12.2. The monoisotopic (exact) mass is 386 g/mol. The van der Waals surface area contributed by atoms with E-state index < -0.39 is 0 Å². The molecule has 0 aliphatic rings. The number of amides is 2. The summed E-state index contributed by atoms with van der Waals surface area (Å²) in [6.45, 7) is 6.09. The molecule has 2 rings (SSSR count). The molecule has 0 bridgehead atoms. The van der Waals surface area contributed by atoms with Crippen molar-refractivity contribution >= 4 is 35.0 Å². The van der Waals surface area contributed by atoms with Gasteiger partial charge in [0.15, 0.2) is 0 Å². The fourth-order valence-corrected chi connectivity index (χ4v) is 3.10. The van der Waals surface area contributed by atoms with E-state index in [0.29, 0.717) is 17.9 Å². The van der Waals surface area contributed by atoms with E-state index in [9.17, 15) is 9.59 Å². The molecule has 0 aliphatic carbocycles. The lowest BCUT2D eigenvalue weighted by molar-refractivity contribution is -0.118. The molecule has 0 aromatic heterocycles. The first kappa shape index (κ1) is 20.8. The number of nitrogens with one attached hydrogen (secondary N) is 2. The van der Waals surface area contributed by atoms with Gasteiger partial charge in [0.25, 0.3) is 0 Å². The molecule has 0 unspecified atom stereocenters. The number of benzene rings is 2. The highest BCUT2D eigenvalue weighted by Gasteiger charge is 2.16. The highest BCUT2D eigenvalue weighted by atomic mass is 32.2. The molecule has 27 heavy (non-hydrogen) atoms. The Labute approximate surface area is 164 Å². The van der Waals surface area contributed by atoms with Crippen molar-refractivity contribution in [2.45, 2.75) is 32.1 Å². The molecular formula is C21H26N2O3S. The number of rotatable bonds is 7. The number of hydrogen-bond donors (Lipinski definition) is 2. The van der Waals surface area contributed by atoms with Crippen LogP contribution in [-0.4, -0.2) is 24.7 Å². The van der Waals surface area contributed by atoms with Crippen LogP contribution in [0.4, 0.5) is 11.4 Å². The molecule has 0 heterocycles. The molecule has 0 saturated carbocycles. The SMILES string of the molecule is COc1ccccc1NC(=O)CSc1ccc(NC(=O)CC(C)(C)C)cc1. The highest BCUT2D eigenvalue weighted by Crippen LogP contribution is 2.25. The maximum Gasteiger partial charge on any atom is 0.234 e. The first-order valence-corrected chi connectivity index (χ1v) is 9.71. The summed E-state index contributed by atoms with van der Waals surface area (Å²) >= 11 is 1.43. The molecule has 0 atom stereocenters. The van der Waals surface area contributed by atoms with E-state index in [1.807, 2.05) is 57.2 Å². The predicted octanol–water partition coefficient (Wildman–Crippen LogP) is 4.80. The zero-order chi connectivity index (χ0) is 19.9. The molecule has 0 radical (unpaired) electrons. The summed E-state index contributed by atoms with van der Waals surface area (Å²) in [7, 11) is 1.57. The van der Waals surface area contributed by atoms with Gasteiger partial charge >= 0.3 is 0 Å². The van der Waals surface area contributed by atoms with Crippen molar-refractivity contribution < 1.29 is 14.3 Å². The van der Waals surface area contributed by atoms with Gasteiger partial charge in [0.05, 0.1) is 18.6 Å². The number of carbonyl (C=O) groups is 2. The van der Waals surface area contributed by atoms with E-state index in [0.717, 1.165) is 10.6 Å². The zero-order valence-electron chi connectivity index (χ0n) is 16.2. The lowest BCUT2D eigenvalue weighted by Gasteiger charge is -2.17. The molecule has 2 aromatic carbocycles. The second kappa shape index (κ2) is 9.46. The molecule has 0 saturated heterocycles. The second-order valence-electron chi connectivity index (χ2n) is 7.35. The van der Waals surface area contributed by atoms with Crippen LogP contribution in [0.25, 0.3) is 0 Å². The third-order valence-electron chi connectivity index (χ3n) is 3.58. The minimum atomic E-state index is -0.105. The van der Waals surface area contributed by atoms with Gasteiger partial charge < -0.3 is 15.4 Å². The quantitative estimate of drug-likeness (QED) is 0.671. The van der Waals surface area contributed by atoms with Crippen molar-refractivity contribution in [3.63, 3.8) is 0 Å². The normalized spacial score (nSPS) is 11.0. The van der Waals surface area contributed by atoms with E-state index in [4.69, 9.17) is 4.74 Å². The average molecular weight is 387 g/mol. The molecule has 2 aromatic rings. The van der Waals surface area contributed by atoms with Gasteiger partial charge in [-0.1, -0.05) is 32.9 Å². The number of hydrogen-bond acceptors (Lipinski definition) is 4. The van der Waals surface area contributed by atoms with Crippen molar-refractivity contribution in [3.05, 3.63) is 48.5 Å². The van der Waals surface area contributed by atoms with E-state index in [-0.39, 0.29) is 23.0 Å². The van der Waals surface area contributed by atoms with Gasteiger partial charge in [-0.2, -0.15) is 0 Å². The van der Waals surface area contributed by atoms with Crippen LogP contribution in [-0.2, 0) is 9.59 Å². The molecular weight excluding hydrogens is 360 g/mol. The third-order valence-corrected chi connectivity index (χ3v) is 4.59. The standard InChI is InChI=1S/C21H26N2O3S/c1-21(2,3)13-19(24)22-15-9-11-16(12-10-15)27-14-20(25)23-17-7-5-6-8-18(17)26-4/h5-12H,13-14H2,1-4H3,(H,22,24)(H,23,25). The summed E-state index contributed by atoms with van der Waals surface area (Å²) in [4.78, 5) is 25.1. The predicted molar refractivity (Wildman–Crippen MR) is 111 cm³/mol. The fourth-order valence-electron chi connectivity index (χ4n) is 2.40. The number of methoxy groups -OCH3 is 1. The first-order chi connectivity index (χ1) is 12.8. The number of ether oxygens (including phenoxy) is 1. The molecule has 2 N–H and O–H groups in total. The summed E-state index contributed by atoms with van der Waals surface area (Å²) in [6, 6.07) is 14.8. The van der Waals surface area contributed by atoms with Gasteiger partial charge in [-0.3, -0.25) is 9.59 Å². The van der Waals surface area contributed by atoms with Crippen molar-refractivity contribution in [1.29, 1.82) is 0 Å². The minimum Gasteiger partial charge on any atom is -0.495 e. The summed E-state index contributed by atoms with van der Waals surface area (Å²) in [5, 5.41) is 5.74. The number of para-hydroxylation sites is 2. The van der Waals surface area contributed by atoms with Gasteiger partial charge in [0.2, 0.25) is 11.8 Å². The van der Waals surface area contributed by atoms with Gasteiger partial charge in [0.1, 0.15) is 5.75 Å². The van der Waals surface area contributed by atoms with Gasteiger partial charge in [0, 0.05) is 17.0 Å². The maximum atomic E-state index is 12.2. The Morgan fingerprint density at radius 1 is 0.963 bits per heavy atom. The topological polar surface area (TPSA) is 67.4 Å². The number of carbonyl (C=O) groups excluding carboxylic acids is 2. The number of thioether (sulfide) groups is 1. The van der Waals surface area contributed by atoms with E-state index in [2.05, 4.69) is 10.6 Å². The van der Waals surface area contributed by atoms with Crippen molar-refractivity contribution in [2.24, 2.45) is 5.41 Å². The Balaban J connectivity index is 1.84. The average Bonchev–Trinajstić information content (AvgIpc) is 2.60. The Kier molecular flexibility index (Phi) is 7.30. The van der Waals surface area contributed by atoms with Crippen LogP contribution in [0.5, 0.6) is 5.75 Å². The van der Waals surface area contributed by atoms with E-state index in [1.54, 1.807) is 19.2 Å². The van der Waals surface area contributed by atoms with Crippen LogP contribution in [0.15, 0.2) is 53.4 Å². The van der Waals surface area contributed by atoms with E-state index in [1.165, 1.54) is 11.8 Å². The van der Waals surface area contributed by atoms with Crippen LogP contribution in [0.1, 0.15) is 27.2 Å². The molecule has 6 heteroatoms. The van der Waals surface area contributed by atoms with Crippen molar-refractivity contribution in [2.75, 3.05) is 23.5 Å². The molecule has 2 amide bonds. The largest absolute Gasteiger partial charge is 0.495 e. The summed E-state index contributed by atoms with van der Waals surface area (Å²) < 4.78 is 5.23. The molecule has 5 nitrogen and oxygen atoms in total. The van der Waals surface area contributed by atoms with Gasteiger partial charge in [-0.05, 0) is 41.8 Å².